The molecular weight excluding hydrogens is 297 g/mol. The molecule has 0 aliphatic heterocycles. The van der Waals surface area contributed by atoms with E-state index in [0.29, 0.717) is 21.1 Å². The molecule has 0 saturated heterocycles. The molecule has 1 unspecified atom stereocenters. The second-order valence-corrected chi connectivity index (χ2v) is 5.31. The van der Waals surface area contributed by atoms with Crippen molar-refractivity contribution >= 4 is 34.2 Å². The van der Waals surface area contributed by atoms with Crippen LogP contribution in [0.25, 0.3) is 11.0 Å². The summed E-state index contributed by atoms with van der Waals surface area (Å²) in [6, 6.07) is 10.3. The Labute approximate surface area is 124 Å². The first-order chi connectivity index (χ1) is 9.56. The minimum atomic E-state index is -0.459. The Morgan fingerprint density at radius 1 is 1.00 bits per heavy atom. The van der Waals surface area contributed by atoms with E-state index in [0.717, 1.165) is 11.1 Å². The third-order valence-electron chi connectivity index (χ3n) is 3.21. The van der Waals surface area contributed by atoms with Crippen LogP contribution in [-0.2, 0) is 0 Å². The molecule has 4 nitrogen and oxygen atoms in total. The van der Waals surface area contributed by atoms with Crippen molar-refractivity contribution in [2.45, 2.75) is 6.04 Å². The smallest absolute Gasteiger partial charge is 0.320 e. The number of aromatic amines is 2. The maximum Gasteiger partial charge on any atom is 0.323 e. The summed E-state index contributed by atoms with van der Waals surface area (Å²) >= 11 is 12.3. The molecule has 1 aromatic heterocycles. The Morgan fingerprint density at radius 2 is 1.65 bits per heavy atom. The second-order valence-electron chi connectivity index (χ2n) is 4.50. The van der Waals surface area contributed by atoms with Crippen LogP contribution in [0.2, 0.25) is 10.0 Å². The standard InChI is InChI=1S/C14H11Cl2N3O/c15-8-2-1-3-9(16)12(8)13(17)7-4-5-10-11(6-7)19-14(20)18-10/h1-6,13H,17H2,(H2,18,19,20). The van der Waals surface area contributed by atoms with Gasteiger partial charge in [-0.25, -0.2) is 4.79 Å². The van der Waals surface area contributed by atoms with E-state index in [1.165, 1.54) is 0 Å². The van der Waals surface area contributed by atoms with Crippen LogP contribution in [-0.4, -0.2) is 9.97 Å². The largest absolute Gasteiger partial charge is 0.323 e. The molecule has 20 heavy (non-hydrogen) atoms. The first kappa shape index (κ1) is 13.2. The van der Waals surface area contributed by atoms with Crippen LogP contribution in [0.3, 0.4) is 0 Å². The number of nitrogens with one attached hydrogen (secondary N) is 2. The summed E-state index contributed by atoms with van der Waals surface area (Å²) in [6.07, 6.45) is 0. The van der Waals surface area contributed by atoms with Crippen LogP contribution in [0.5, 0.6) is 0 Å². The zero-order chi connectivity index (χ0) is 14.3. The number of imidazole rings is 1. The van der Waals surface area contributed by atoms with Crippen molar-refractivity contribution in [3.05, 3.63) is 68.1 Å². The van der Waals surface area contributed by atoms with E-state index < -0.39 is 6.04 Å². The van der Waals surface area contributed by atoms with Crippen molar-refractivity contribution < 1.29 is 0 Å². The minimum Gasteiger partial charge on any atom is -0.320 e. The van der Waals surface area contributed by atoms with Crippen LogP contribution in [0.1, 0.15) is 17.2 Å². The number of rotatable bonds is 2. The lowest BCUT2D eigenvalue weighted by molar-refractivity contribution is 0.873. The lowest BCUT2D eigenvalue weighted by Crippen LogP contribution is -2.13. The summed E-state index contributed by atoms with van der Waals surface area (Å²) in [5.74, 6) is 0. The highest BCUT2D eigenvalue weighted by Crippen LogP contribution is 2.33. The fourth-order valence-electron chi connectivity index (χ4n) is 2.22. The van der Waals surface area contributed by atoms with Gasteiger partial charge in [0, 0.05) is 15.6 Å². The molecule has 0 radical (unpaired) electrons. The Balaban J connectivity index is 2.12. The number of aromatic nitrogens is 2. The highest BCUT2D eigenvalue weighted by Gasteiger charge is 2.16. The first-order valence-corrected chi connectivity index (χ1v) is 6.73. The van der Waals surface area contributed by atoms with E-state index in [1.54, 1.807) is 24.3 Å². The summed E-state index contributed by atoms with van der Waals surface area (Å²) in [5, 5.41) is 1.04. The van der Waals surface area contributed by atoms with Gasteiger partial charge in [-0.2, -0.15) is 0 Å². The van der Waals surface area contributed by atoms with Gasteiger partial charge in [-0.1, -0.05) is 35.3 Å². The van der Waals surface area contributed by atoms with E-state index in [1.807, 2.05) is 12.1 Å². The molecule has 3 rings (SSSR count). The van der Waals surface area contributed by atoms with Gasteiger partial charge in [-0.05, 0) is 29.8 Å². The average molecular weight is 308 g/mol. The highest BCUT2D eigenvalue weighted by molar-refractivity contribution is 6.36. The number of hydrogen-bond acceptors (Lipinski definition) is 2. The number of fused-ring (bicyclic) bond motifs is 1. The number of hydrogen-bond donors (Lipinski definition) is 3. The van der Waals surface area contributed by atoms with Crippen molar-refractivity contribution in [3.8, 4) is 0 Å². The third kappa shape index (κ3) is 2.22. The fourth-order valence-corrected chi connectivity index (χ4v) is 2.85. The monoisotopic (exact) mass is 307 g/mol. The second kappa shape index (κ2) is 4.98. The van der Waals surface area contributed by atoms with Gasteiger partial charge < -0.3 is 15.7 Å². The topological polar surface area (TPSA) is 74.7 Å². The van der Waals surface area contributed by atoms with Crippen molar-refractivity contribution in [1.82, 2.24) is 9.97 Å². The molecule has 3 aromatic rings. The summed E-state index contributed by atoms with van der Waals surface area (Å²) in [7, 11) is 0. The molecule has 6 heteroatoms. The zero-order valence-electron chi connectivity index (χ0n) is 10.3. The number of halogens is 2. The summed E-state index contributed by atoms with van der Waals surface area (Å²) in [4.78, 5) is 16.6. The maximum absolute atomic E-state index is 11.3. The third-order valence-corrected chi connectivity index (χ3v) is 3.87. The summed E-state index contributed by atoms with van der Waals surface area (Å²) in [6.45, 7) is 0. The van der Waals surface area contributed by atoms with Gasteiger partial charge in [-0.3, -0.25) is 0 Å². The van der Waals surface area contributed by atoms with Gasteiger partial charge in [-0.15, -0.1) is 0 Å². The van der Waals surface area contributed by atoms with Gasteiger partial charge >= 0.3 is 5.69 Å². The van der Waals surface area contributed by atoms with E-state index in [-0.39, 0.29) is 5.69 Å². The Kier molecular flexibility index (Phi) is 3.30. The van der Waals surface area contributed by atoms with E-state index >= 15 is 0 Å². The molecule has 1 atom stereocenters. The Hall–Kier alpha value is -1.75. The zero-order valence-corrected chi connectivity index (χ0v) is 11.8. The van der Waals surface area contributed by atoms with Crippen LogP contribution in [0.15, 0.2) is 41.2 Å². The van der Waals surface area contributed by atoms with Crippen LogP contribution < -0.4 is 11.4 Å². The van der Waals surface area contributed by atoms with E-state index in [4.69, 9.17) is 28.9 Å². The van der Waals surface area contributed by atoms with E-state index in [9.17, 15) is 4.79 Å². The van der Waals surface area contributed by atoms with Crippen LogP contribution in [0, 0.1) is 0 Å². The van der Waals surface area contributed by atoms with Crippen molar-refractivity contribution in [3.63, 3.8) is 0 Å². The molecule has 0 aliphatic rings. The predicted molar refractivity (Wildman–Crippen MR) is 81.4 cm³/mol. The molecule has 0 aliphatic carbocycles. The molecule has 0 saturated carbocycles. The van der Waals surface area contributed by atoms with Gasteiger partial charge in [0.15, 0.2) is 0 Å². The molecule has 0 amide bonds. The van der Waals surface area contributed by atoms with Gasteiger partial charge in [0.05, 0.1) is 17.1 Å². The number of benzene rings is 2. The van der Waals surface area contributed by atoms with Crippen LogP contribution >= 0.6 is 23.2 Å². The van der Waals surface area contributed by atoms with Gasteiger partial charge in [0.2, 0.25) is 0 Å². The molecule has 0 spiro atoms. The van der Waals surface area contributed by atoms with Crippen LogP contribution in [0.4, 0.5) is 0 Å². The molecule has 1 heterocycles. The molecule has 102 valence electrons. The van der Waals surface area contributed by atoms with Crippen molar-refractivity contribution in [2.75, 3.05) is 0 Å². The molecule has 0 fully saturated rings. The predicted octanol–water partition coefficient (Wildman–Crippen LogP) is 3.21. The molecule has 4 N–H and O–H groups in total. The molecule has 0 bridgehead atoms. The lowest BCUT2D eigenvalue weighted by Gasteiger charge is -2.15. The SMILES string of the molecule is NC(c1ccc2[nH]c(=O)[nH]c2c1)c1c(Cl)cccc1Cl. The Bertz CT molecular complexity index is 818. The lowest BCUT2D eigenvalue weighted by atomic mass is 9.99. The van der Waals surface area contributed by atoms with Crippen molar-refractivity contribution in [2.24, 2.45) is 5.73 Å². The quantitative estimate of drug-likeness (QED) is 0.680. The van der Waals surface area contributed by atoms with E-state index in [2.05, 4.69) is 9.97 Å². The Morgan fingerprint density at radius 3 is 2.35 bits per heavy atom. The average Bonchev–Trinajstić information content (AvgIpc) is 2.77. The van der Waals surface area contributed by atoms with Gasteiger partial charge in [0.25, 0.3) is 0 Å². The number of nitrogens with two attached hydrogens (primary N) is 1. The first-order valence-electron chi connectivity index (χ1n) is 5.97. The normalized spacial score (nSPS) is 12.8. The summed E-state index contributed by atoms with van der Waals surface area (Å²) < 4.78 is 0. The number of H-pyrrole nitrogens is 2. The summed E-state index contributed by atoms with van der Waals surface area (Å²) in [5.41, 5.74) is 8.92. The van der Waals surface area contributed by atoms with Gasteiger partial charge in [0.1, 0.15) is 0 Å². The minimum absolute atomic E-state index is 0.249. The van der Waals surface area contributed by atoms with Crippen molar-refractivity contribution in [1.29, 1.82) is 0 Å². The molecule has 2 aromatic carbocycles. The highest BCUT2D eigenvalue weighted by atomic mass is 35.5. The maximum atomic E-state index is 11.3. The molecular formula is C14H11Cl2N3O. The fraction of sp³-hybridized carbons (Fsp3) is 0.0714.